The van der Waals surface area contributed by atoms with E-state index in [4.69, 9.17) is 0 Å². The van der Waals surface area contributed by atoms with Crippen molar-refractivity contribution in [2.45, 2.75) is 19.8 Å². The van der Waals surface area contributed by atoms with E-state index in [1.54, 1.807) is 0 Å². The number of nitrogens with one attached hydrogen (secondary N) is 2. The van der Waals surface area contributed by atoms with Crippen molar-refractivity contribution in [3.05, 3.63) is 75.3 Å². The van der Waals surface area contributed by atoms with Crippen LogP contribution in [-0.4, -0.2) is 16.7 Å². The normalized spacial score (nSPS) is 10.0. The van der Waals surface area contributed by atoms with Crippen molar-refractivity contribution in [1.29, 1.82) is 0 Å². The molecule has 2 aromatic rings. The zero-order valence-corrected chi connectivity index (χ0v) is 13.1. The number of hydrazine groups is 1. The lowest BCUT2D eigenvalue weighted by Crippen LogP contribution is -2.41. The Hall–Kier alpha value is -3.22. The van der Waals surface area contributed by atoms with Crippen LogP contribution >= 0.6 is 0 Å². The van der Waals surface area contributed by atoms with E-state index in [0.29, 0.717) is 6.42 Å². The van der Waals surface area contributed by atoms with Crippen LogP contribution in [0.25, 0.3) is 0 Å². The SMILES string of the molecule is Cc1ccc(CCC(=O)NNC(=O)c2ccc([N+](=O)[O-])cc2)cc1. The first-order valence-electron chi connectivity index (χ1n) is 7.35. The number of carbonyl (C=O) groups is 2. The Morgan fingerprint density at radius 3 is 2.21 bits per heavy atom. The average Bonchev–Trinajstić information content (AvgIpc) is 2.59. The van der Waals surface area contributed by atoms with Crippen molar-refractivity contribution in [1.82, 2.24) is 10.9 Å². The van der Waals surface area contributed by atoms with Crippen LogP contribution in [0.5, 0.6) is 0 Å². The van der Waals surface area contributed by atoms with Crippen molar-refractivity contribution < 1.29 is 14.5 Å². The molecular weight excluding hydrogens is 310 g/mol. The van der Waals surface area contributed by atoms with Crippen LogP contribution in [0.3, 0.4) is 0 Å². The first kappa shape index (κ1) is 17.1. The Kier molecular flexibility index (Phi) is 5.62. The van der Waals surface area contributed by atoms with E-state index in [1.165, 1.54) is 24.3 Å². The molecule has 0 aliphatic heterocycles. The van der Waals surface area contributed by atoms with Crippen molar-refractivity contribution in [2.24, 2.45) is 0 Å². The van der Waals surface area contributed by atoms with Crippen LogP contribution in [0.4, 0.5) is 5.69 Å². The number of amides is 2. The van der Waals surface area contributed by atoms with E-state index in [-0.39, 0.29) is 23.6 Å². The molecule has 7 nitrogen and oxygen atoms in total. The van der Waals surface area contributed by atoms with Gasteiger partial charge in [-0.15, -0.1) is 0 Å². The van der Waals surface area contributed by atoms with Gasteiger partial charge in [0.15, 0.2) is 0 Å². The highest BCUT2D eigenvalue weighted by Gasteiger charge is 2.10. The van der Waals surface area contributed by atoms with E-state index in [2.05, 4.69) is 10.9 Å². The minimum Gasteiger partial charge on any atom is -0.273 e. The standard InChI is InChI=1S/C17H17N3O4/c1-12-2-4-13(5-3-12)6-11-16(21)18-19-17(22)14-7-9-15(10-8-14)20(23)24/h2-5,7-10H,6,11H2,1H3,(H,18,21)(H,19,22). The number of rotatable bonds is 5. The molecule has 24 heavy (non-hydrogen) atoms. The molecule has 0 radical (unpaired) electrons. The molecule has 2 rings (SSSR count). The first-order valence-corrected chi connectivity index (χ1v) is 7.35. The van der Waals surface area contributed by atoms with E-state index in [9.17, 15) is 19.7 Å². The lowest BCUT2D eigenvalue weighted by atomic mass is 10.1. The molecule has 0 fully saturated rings. The lowest BCUT2D eigenvalue weighted by molar-refractivity contribution is -0.384. The molecule has 0 aliphatic carbocycles. The molecule has 0 aromatic heterocycles. The molecule has 0 unspecified atom stereocenters. The summed E-state index contributed by atoms with van der Waals surface area (Å²) in [7, 11) is 0. The molecule has 0 saturated carbocycles. The van der Waals surface area contributed by atoms with Gasteiger partial charge in [-0.3, -0.25) is 30.6 Å². The summed E-state index contributed by atoms with van der Waals surface area (Å²) in [6.07, 6.45) is 0.809. The van der Waals surface area contributed by atoms with Gasteiger partial charge in [-0.05, 0) is 31.0 Å². The number of nitro groups is 1. The average molecular weight is 327 g/mol. The first-order chi connectivity index (χ1) is 11.5. The Morgan fingerprint density at radius 2 is 1.62 bits per heavy atom. The molecule has 0 heterocycles. The molecule has 7 heteroatoms. The van der Waals surface area contributed by atoms with Crippen LogP contribution in [0.1, 0.15) is 27.9 Å². The summed E-state index contributed by atoms with van der Waals surface area (Å²) in [5.74, 6) is -0.848. The fourth-order valence-electron chi connectivity index (χ4n) is 2.01. The fraction of sp³-hybridized carbons (Fsp3) is 0.176. The number of carbonyl (C=O) groups excluding carboxylic acids is 2. The Morgan fingerprint density at radius 1 is 1.00 bits per heavy atom. The van der Waals surface area contributed by atoms with Gasteiger partial charge >= 0.3 is 0 Å². The number of non-ortho nitro benzene ring substituents is 1. The van der Waals surface area contributed by atoms with Gasteiger partial charge < -0.3 is 0 Å². The van der Waals surface area contributed by atoms with Gasteiger partial charge in [-0.1, -0.05) is 29.8 Å². The number of nitro benzene ring substituents is 1. The number of aryl methyl sites for hydroxylation is 2. The maximum Gasteiger partial charge on any atom is 0.269 e. The molecule has 0 bridgehead atoms. The quantitative estimate of drug-likeness (QED) is 0.650. The molecule has 0 aliphatic rings. The van der Waals surface area contributed by atoms with Gasteiger partial charge in [0.05, 0.1) is 4.92 Å². The molecule has 0 saturated heterocycles. The van der Waals surface area contributed by atoms with Gasteiger partial charge in [0.25, 0.3) is 11.6 Å². The maximum atomic E-state index is 11.8. The van der Waals surface area contributed by atoms with Crippen molar-refractivity contribution in [3.8, 4) is 0 Å². The minimum atomic E-state index is -0.547. The van der Waals surface area contributed by atoms with Crippen LogP contribution in [0.15, 0.2) is 48.5 Å². The number of hydrogen-bond donors (Lipinski definition) is 2. The molecule has 2 amide bonds. The van der Waals surface area contributed by atoms with Crippen LogP contribution < -0.4 is 10.9 Å². The highest BCUT2D eigenvalue weighted by Crippen LogP contribution is 2.11. The molecule has 0 atom stereocenters. The third kappa shape index (κ3) is 4.91. The molecule has 2 aromatic carbocycles. The van der Waals surface area contributed by atoms with Crippen molar-refractivity contribution >= 4 is 17.5 Å². The van der Waals surface area contributed by atoms with Gasteiger partial charge in [0.2, 0.25) is 5.91 Å². The summed E-state index contributed by atoms with van der Waals surface area (Å²) in [5, 5.41) is 10.6. The Labute approximate surface area is 138 Å². The number of nitrogens with zero attached hydrogens (tertiary/aromatic N) is 1. The Bertz CT molecular complexity index is 739. The van der Waals surface area contributed by atoms with Gasteiger partial charge in [-0.25, -0.2) is 0 Å². The molecular formula is C17H17N3O4. The third-order valence-corrected chi connectivity index (χ3v) is 3.42. The summed E-state index contributed by atoms with van der Waals surface area (Å²) < 4.78 is 0. The summed E-state index contributed by atoms with van der Waals surface area (Å²) in [6, 6.07) is 13.0. The van der Waals surface area contributed by atoms with E-state index in [1.807, 2.05) is 31.2 Å². The second-order valence-electron chi connectivity index (χ2n) is 5.29. The van der Waals surface area contributed by atoms with Crippen LogP contribution in [0.2, 0.25) is 0 Å². The highest BCUT2D eigenvalue weighted by atomic mass is 16.6. The van der Waals surface area contributed by atoms with Crippen LogP contribution in [0, 0.1) is 17.0 Å². The van der Waals surface area contributed by atoms with Crippen molar-refractivity contribution in [2.75, 3.05) is 0 Å². The second-order valence-corrected chi connectivity index (χ2v) is 5.29. The van der Waals surface area contributed by atoms with Gasteiger partial charge in [0, 0.05) is 24.1 Å². The monoisotopic (exact) mass is 327 g/mol. The zero-order valence-electron chi connectivity index (χ0n) is 13.1. The van der Waals surface area contributed by atoms with E-state index in [0.717, 1.165) is 11.1 Å². The minimum absolute atomic E-state index is 0.103. The maximum absolute atomic E-state index is 11.8. The molecule has 0 spiro atoms. The van der Waals surface area contributed by atoms with E-state index >= 15 is 0 Å². The third-order valence-electron chi connectivity index (χ3n) is 3.42. The van der Waals surface area contributed by atoms with Gasteiger partial charge in [-0.2, -0.15) is 0 Å². The molecule has 124 valence electrons. The summed E-state index contributed by atoms with van der Waals surface area (Å²) in [4.78, 5) is 33.6. The van der Waals surface area contributed by atoms with Crippen molar-refractivity contribution in [3.63, 3.8) is 0 Å². The zero-order chi connectivity index (χ0) is 17.5. The highest BCUT2D eigenvalue weighted by molar-refractivity contribution is 5.95. The smallest absolute Gasteiger partial charge is 0.269 e. The van der Waals surface area contributed by atoms with E-state index < -0.39 is 10.8 Å². The molecule has 2 N–H and O–H groups in total. The topological polar surface area (TPSA) is 101 Å². The second kappa shape index (κ2) is 7.87. The lowest BCUT2D eigenvalue weighted by Gasteiger charge is -2.07. The fourth-order valence-corrected chi connectivity index (χ4v) is 2.01. The predicted octanol–water partition coefficient (Wildman–Crippen LogP) is 2.30. The predicted molar refractivity (Wildman–Crippen MR) is 88.2 cm³/mol. The van der Waals surface area contributed by atoms with Gasteiger partial charge in [0.1, 0.15) is 0 Å². The largest absolute Gasteiger partial charge is 0.273 e. The number of hydrogen-bond acceptors (Lipinski definition) is 4. The Balaban J connectivity index is 1.79. The van der Waals surface area contributed by atoms with Crippen LogP contribution in [-0.2, 0) is 11.2 Å². The summed E-state index contributed by atoms with van der Waals surface area (Å²) in [6.45, 7) is 1.99. The number of benzene rings is 2. The summed E-state index contributed by atoms with van der Waals surface area (Å²) >= 11 is 0. The summed E-state index contributed by atoms with van der Waals surface area (Å²) in [5.41, 5.74) is 6.92.